The van der Waals surface area contributed by atoms with Crippen LogP contribution in [0.25, 0.3) is 0 Å². The van der Waals surface area contributed by atoms with E-state index in [-0.39, 0.29) is 11.9 Å². The van der Waals surface area contributed by atoms with E-state index in [1.54, 1.807) is 13.2 Å². The second-order valence-corrected chi connectivity index (χ2v) is 5.15. The Morgan fingerprint density at radius 2 is 2.26 bits per heavy atom. The molecule has 2 saturated heterocycles. The van der Waals surface area contributed by atoms with Crippen LogP contribution in [0.4, 0.5) is 5.82 Å². The minimum Gasteiger partial charge on any atom is -0.372 e. The number of aromatic nitrogens is 2. The van der Waals surface area contributed by atoms with Gasteiger partial charge in [0.1, 0.15) is 11.5 Å². The molecule has 1 amide bonds. The summed E-state index contributed by atoms with van der Waals surface area (Å²) in [5, 5.41) is 6.00. The molecule has 0 bridgehead atoms. The van der Waals surface area contributed by atoms with Gasteiger partial charge in [0.05, 0.1) is 12.4 Å². The number of anilines is 1. The molecule has 2 unspecified atom stereocenters. The maximum Gasteiger partial charge on any atom is 0.271 e. The molecule has 102 valence electrons. The van der Waals surface area contributed by atoms with Gasteiger partial charge in [-0.25, -0.2) is 4.98 Å². The molecule has 1 aromatic rings. The molecule has 3 rings (SSSR count). The largest absolute Gasteiger partial charge is 0.372 e. The van der Waals surface area contributed by atoms with Gasteiger partial charge in [-0.15, -0.1) is 0 Å². The molecule has 2 aliphatic heterocycles. The van der Waals surface area contributed by atoms with Gasteiger partial charge in [0.25, 0.3) is 5.91 Å². The Bertz CT molecular complexity index is 478. The maximum atomic E-state index is 12.2. The lowest BCUT2D eigenvalue weighted by Gasteiger charge is -2.21. The van der Waals surface area contributed by atoms with Gasteiger partial charge in [-0.1, -0.05) is 0 Å². The molecule has 0 aromatic carbocycles. The molecule has 1 aromatic heterocycles. The van der Waals surface area contributed by atoms with Gasteiger partial charge >= 0.3 is 0 Å². The van der Waals surface area contributed by atoms with E-state index in [1.165, 1.54) is 25.6 Å². The lowest BCUT2D eigenvalue weighted by Crippen LogP contribution is -2.42. The van der Waals surface area contributed by atoms with Crippen molar-refractivity contribution in [1.82, 2.24) is 20.2 Å². The number of hydrogen-bond donors (Lipinski definition) is 2. The van der Waals surface area contributed by atoms with Gasteiger partial charge in [-0.05, 0) is 25.8 Å². The van der Waals surface area contributed by atoms with Gasteiger partial charge in [0, 0.05) is 25.7 Å². The van der Waals surface area contributed by atoms with E-state index in [9.17, 15) is 4.79 Å². The number of nitrogens with one attached hydrogen (secondary N) is 2. The fourth-order valence-electron chi connectivity index (χ4n) is 3.09. The Hall–Kier alpha value is -1.69. The van der Waals surface area contributed by atoms with Crippen LogP contribution in [0.15, 0.2) is 12.4 Å². The van der Waals surface area contributed by atoms with E-state index in [0.29, 0.717) is 17.6 Å². The van der Waals surface area contributed by atoms with Crippen LogP contribution in [0.1, 0.15) is 29.8 Å². The van der Waals surface area contributed by atoms with Crippen molar-refractivity contribution in [2.75, 3.05) is 25.5 Å². The highest BCUT2D eigenvalue weighted by Gasteiger charge is 2.37. The summed E-state index contributed by atoms with van der Waals surface area (Å²) in [7, 11) is 1.76. The average molecular weight is 261 g/mol. The number of carbonyl (C=O) groups excluding carboxylic acids is 1. The van der Waals surface area contributed by atoms with E-state index in [2.05, 4.69) is 25.5 Å². The second-order valence-electron chi connectivity index (χ2n) is 5.15. The first-order chi connectivity index (χ1) is 9.28. The zero-order valence-corrected chi connectivity index (χ0v) is 11.1. The normalized spacial score (nSPS) is 26.2. The van der Waals surface area contributed by atoms with Gasteiger partial charge < -0.3 is 10.6 Å². The molecule has 6 heteroatoms. The van der Waals surface area contributed by atoms with E-state index in [1.807, 2.05) is 0 Å². The third-order valence-corrected chi connectivity index (χ3v) is 4.05. The van der Waals surface area contributed by atoms with Crippen LogP contribution in [-0.4, -0.2) is 53.0 Å². The first-order valence-electron chi connectivity index (χ1n) is 6.82. The molecule has 0 spiro atoms. The summed E-state index contributed by atoms with van der Waals surface area (Å²) in [6.45, 7) is 2.27. The lowest BCUT2D eigenvalue weighted by molar-refractivity contribution is 0.0924. The molecule has 3 heterocycles. The lowest BCUT2D eigenvalue weighted by atomic mass is 10.1. The topological polar surface area (TPSA) is 70.2 Å². The average Bonchev–Trinajstić information content (AvgIpc) is 3.04. The van der Waals surface area contributed by atoms with Crippen molar-refractivity contribution in [2.24, 2.45) is 0 Å². The molecule has 2 atom stereocenters. The van der Waals surface area contributed by atoms with Crippen LogP contribution in [0.2, 0.25) is 0 Å². The van der Waals surface area contributed by atoms with Crippen molar-refractivity contribution in [3.05, 3.63) is 18.1 Å². The Morgan fingerprint density at radius 1 is 1.37 bits per heavy atom. The number of carbonyl (C=O) groups is 1. The minimum atomic E-state index is -0.122. The molecule has 2 aliphatic rings. The summed E-state index contributed by atoms with van der Waals surface area (Å²) in [6, 6.07) is 0.777. The Balaban J connectivity index is 1.67. The van der Waals surface area contributed by atoms with Crippen LogP contribution < -0.4 is 10.6 Å². The third kappa shape index (κ3) is 2.40. The van der Waals surface area contributed by atoms with E-state index >= 15 is 0 Å². The van der Waals surface area contributed by atoms with Crippen LogP contribution in [0.3, 0.4) is 0 Å². The highest BCUT2D eigenvalue weighted by atomic mass is 16.2. The predicted molar refractivity (Wildman–Crippen MR) is 72.0 cm³/mol. The number of hydrogen-bond acceptors (Lipinski definition) is 5. The molecule has 0 saturated carbocycles. The highest BCUT2D eigenvalue weighted by Crippen LogP contribution is 2.27. The SMILES string of the molecule is CNc1cncc(C(=O)NC2CCN3CCCC23)n1. The van der Waals surface area contributed by atoms with Crippen LogP contribution in [0, 0.1) is 0 Å². The fraction of sp³-hybridized carbons (Fsp3) is 0.615. The van der Waals surface area contributed by atoms with Crippen LogP contribution >= 0.6 is 0 Å². The standard InChI is InChI=1S/C13H19N5O/c1-14-12-8-15-7-10(16-12)13(19)17-9-4-6-18-5-2-3-11(9)18/h7-9,11H,2-6H2,1H3,(H,14,16)(H,17,19). The molecule has 6 nitrogen and oxygen atoms in total. The number of rotatable bonds is 3. The summed E-state index contributed by atoms with van der Waals surface area (Å²) in [5.41, 5.74) is 0.378. The molecule has 0 aliphatic carbocycles. The Kier molecular flexibility index (Phi) is 3.33. The van der Waals surface area contributed by atoms with Crippen molar-refractivity contribution >= 4 is 11.7 Å². The van der Waals surface area contributed by atoms with Gasteiger partial charge in [-0.3, -0.25) is 14.7 Å². The number of fused-ring (bicyclic) bond motifs is 1. The molecular weight excluding hydrogens is 242 g/mol. The van der Waals surface area contributed by atoms with E-state index in [4.69, 9.17) is 0 Å². The van der Waals surface area contributed by atoms with Crippen LogP contribution in [0.5, 0.6) is 0 Å². The fourth-order valence-corrected chi connectivity index (χ4v) is 3.09. The van der Waals surface area contributed by atoms with Crippen molar-refractivity contribution in [2.45, 2.75) is 31.3 Å². The second kappa shape index (κ2) is 5.13. The third-order valence-electron chi connectivity index (χ3n) is 4.05. The molecule has 2 fully saturated rings. The monoisotopic (exact) mass is 261 g/mol. The summed E-state index contributed by atoms with van der Waals surface area (Å²) >= 11 is 0. The maximum absolute atomic E-state index is 12.2. The van der Waals surface area contributed by atoms with Gasteiger partial charge in [0.2, 0.25) is 0 Å². The zero-order chi connectivity index (χ0) is 13.2. The van der Waals surface area contributed by atoms with E-state index in [0.717, 1.165) is 13.0 Å². The highest BCUT2D eigenvalue weighted by molar-refractivity contribution is 5.92. The zero-order valence-electron chi connectivity index (χ0n) is 11.1. The van der Waals surface area contributed by atoms with Crippen molar-refractivity contribution in [1.29, 1.82) is 0 Å². The minimum absolute atomic E-state index is 0.122. The molecule has 2 N–H and O–H groups in total. The smallest absolute Gasteiger partial charge is 0.271 e. The number of amides is 1. The summed E-state index contributed by atoms with van der Waals surface area (Å²) in [5.74, 6) is 0.491. The van der Waals surface area contributed by atoms with Crippen molar-refractivity contribution in [3.8, 4) is 0 Å². The quantitative estimate of drug-likeness (QED) is 0.828. The van der Waals surface area contributed by atoms with Crippen molar-refractivity contribution in [3.63, 3.8) is 0 Å². The van der Waals surface area contributed by atoms with E-state index < -0.39 is 0 Å². The molecule has 19 heavy (non-hydrogen) atoms. The van der Waals surface area contributed by atoms with Gasteiger partial charge in [0.15, 0.2) is 0 Å². The predicted octanol–water partition coefficient (Wildman–Crippen LogP) is 0.485. The molecular formula is C13H19N5O. The first-order valence-corrected chi connectivity index (χ1v) is 6.82. The summed E-state index contributed by atoms with van der Waals surface area (Å²) in [6.07, 6.45) is 6.58. The van der Waals surface area contributed by atoms with Gasteiger partial charge in [-0.2, -0.15) is 0 Å². The molecule has 0 radical (unpaired) electrons. The Labute approximate surface area is 112 Å². The number of nitrogens with zero attached hydrogens (tertiary/aromatic N) is 3. The first kappa shape index (κ1) is 12.3. The summed E-state index contributed by atoms with van der Waals surface area (Å²) < 4.78 is 0. The summed E-state index contributed by atoms with van der Waals surface area (Å²) in [4.78, 5) is 22.9. The van der Waals surface area contributed by atoms with Crippen molar-refractivity contribution < 1.29 is 4.79 Å². The Morgan fingerprint density at radius 3 is 3.11 bits per heavy atom. The van der Waals surface area contributed by atoms with Crippen LogP contribution in [-0.2, 0) is 0 Å².